The van der Waals surface area contributed by atoms with Gasteiger partial charge < -0.3 is 4.90 Å². The first-order valence-corrected chi connectivity index (χ1v) is 5.38. The largest absolute Gasteiger partial charge is 0.301 e. The summed E-state index contributed by atoms with van der Waals surface area (Å²) >= 11 is 0. The Kier molecular flexibility index (Phi) is 3.57. The molecule has 0 unspecified atom stereocenters. The zero-order chi connectivity index (χ0) is 9.14. The third-order valence-corrected chi connectivity index (χ3v) is 3.48. The van der Waals surface area contributed by atoms with Crippen molar-refractivity contribution < 1.29 is 0 Å². The van der Waals surface area contributed by atoms with Crippen LogP contribution in [0.3, 0.4) is 0 Å². The highest BCUT2D eigenvalue weighted by Crippen LogP contribution is 2.32. The number of rotatable bonds is 3. The fourth-order valence-electron chi connectivity index (χ4n) is 2.41. The molecule has 1 fully saturated rings. The minimum absolute atomic E-state index is 0.710. The fourth-order valence-corrected chi connectivity index (χ4v) is 2.41. The highest BCUT2D eigenvalue weighted by Gasteiger charge is 2.29. The average molecular weight is 169 g/mol. The molecule has 1 nitrogen and oxygen atoms in total. The standard InChI is InChI=1S/C11H23N/c1-5-10-7-6-8-11(10)12(4)9(2)3/h9-11H,5-8H2,1-4H3/t10-,11+/m1/s1. The van der Waals surface area contributed by atoms with Crippen molar-refractivity contribution >= 4 is 0 Å². The molecule has 72 valence electrons. The number of hydrogen-bond acceptors (Lipinski definition) is 1. The summed E-state index contributed by atoms with van der Waals surface area (Å²) in [4.78, 5) is 2.56. The maximum Gasteiger partial charge on any atom is 0.0123 e. The van der Waals surface area contributed by atoms with Crippen LogP contribution in [0.25, 0.3) is 0 Å². The Morgan fingerprint density at radius 2 is 2.00 bits per heavy atom. The molecule has 0 aromatic carbocycles. The Hall–Kier alpha value is -0.0400. The van der Waals surface area contributed by atoms with Crippen molar-refractivity contribution in [3.05, 3.63) is 0 Å². The van der Waals surface area contributed by atoms with Crippen molar-refractivity contribution in [2.75, 3.05) is 7.05 Å². The lowest BCUT2D eigenvalue weighted by molar-refractivity contribution is 0.156. The van der Waals surface area contributed by atoms with Crippen LogP contribution in [0.5, 0.6) is 0 Å². The molecule has 0 saturated heterocycles. The lowest BCUT2D eigenvalue weighted by Gasteiger charge is -2.32. The van der Waals surface area contributed by atoms with Gasteiger partial charge in [-0.15, -0.1) is 0 Å². The summed E-state index contributed by atoms with van der Waals surface area (Å²) in [5, 5.41) is 0. The lowest BCUT2D eigenvalue weighted by atomic mass is 9.99. The van der Waals surface area contributed by atoms with Gasteiger partial charge in [-0.1, -0.05) is 19.8 Å². The lowest BCUT2D eigenvalue weighted by Crippen LogP contribution is -2.39. The Labute approximate surface area is 77.1 Å². The van der Waals surface area contributed by atoms with Gasteiger partial charge in [-0.2, -0.15) is 0 Å². The van der Waals surface area contributed by atoms with Crippen molar-refractivity contribution in [3.63, 3.8) is 0 Å². The van der Waals surface area contributed by atoms with Gasteiger partial charge in [0.05, 0.1) is 0 Å². The minimum Gasteiger partial charge on any atom is -0.301 e. The fraction of sp³-hybridized carbons (Fsp3) is 1.00. The molecule has 1 aliphatic carbocycles. The Balaban J connectivity index is 2.49. The van der Waals surface area contributed by atoms with E-state index in [1.54, 1.807) is 0 Å². The van der Waals surface area contributed by atoms with Gasteiger partial charge in [-0.25, -0.2) is 0 Å². The summed E-state index contributed by atoms with van der Waals surface area (Å²) in [5.41, 5.74) is 0. The van der Waals surface area contributed by atoms with E-state index < -0.39 is 0 Å². The smallest absolute Gasteiger partial charge is 0.0123 e. The predicted octanol–water partition coefficient (Wildman–Crippen LogP) is 2.91. The highest BCUT2D eigenvalue weighted by atomic mass is 15.2. The van der Waals surface area contributed by atoms with Crippen LogP contribution < -0.4 is 0 Å². The van der Waals surface area contributed by atoms with Crippen LogP contribution in [-0.2, 0) is 0 Å². The summed E-state index contributed by atoms with van der Waals surface area (Å²) in [6.07, 6.45) is 5.69. The molecule has 12 heavy (non-hydrogen) atoms. The van der Waals surface area contributed by atoms with Gasteiger partial charge in [-0.05, 0) is 39.7 Å². The van der Waals surface area contributed by atoms with Crippen molar-refractivity contribution in [3.8, 4) is 0 Å². The van der Waals surface area contributed by atoms with Gasteiger partial charge in [0.15, 0.2) is 0 Å². The molecule has 1 rings (SSSR count). The molecule has 0 N–H and O–H groups in total. The molecule has 1 saturated carbocycles. The maximum absolute atomic E-state index is 2.56. The molecular weight excluding hydrogens is 146 g/mol. The second-order valence-electron chi connectivity index (χ2n) is 4.43. The third kappa shape index (κ3) is 2.01. The van der Waals surface area contributed by atoms with E-state index in [0.717, 1.165) is 12.0 Å². The second kappa shape index (κ2) is 4.27. The third-order valence-electron chi connectivity index (χ3n) is 3.48. The van der Waals surface area contributed by atoms with Crippen molar-refractivity contribution in [1.82, 2.24) is 4.90 Å². The molecule has 0 aromatic heterocycles. The minimum atomic E-state index is 0.710. The van der Waals surface area contributed by atoms with Crippen LogP contribution in [0.4, 0.5) is 0 Å². The summed E-state index contributed by atoms with van der Waals surface area (Å²) in [6.45, 7) is 6.92. The molecule has 0 aliphatic heterocycles. The van der Waals surface area contributed by atoms with E-state index in [1.165, 1.54) is 25.7 Å². The molecule has 0 aromatic rings. The molecule has 0 amide bonds. The molecule has 0 bridgehead atoms. The molecule has 0 spiro atoms. The van der Waals surface area contributed by atoms with Gasteiger partial charge in [0.1, 0.15) is 0 Å². The SMILES string of the molecule is CC[C@@H]1CCC[C@@H]1N(C)C(C)C. The van der Waals surface area contributed by atoms with E-state index in [0.29, 0.717) is 6.04 Å². The van der Waals surface area contributed by atoms with Gasteiger partial charge in [0, 0.05) is 12.1 Å². The van der Waals surface area contributed by atoms with E-state index in [9.17, 15) is 0 Å². The zero-order valence-corrected chi connectivity index (χ0v) is 9.01. The topological polar surface area (TPSA) is 3.24 Å². The first-order valence-electron chi connectivity index (χ1n) is 5.38. The summed E-state index contributed by atoms with van der Waals surface area (Å²) < 4.78 is 0. The van der Waals surface area contributed by atoms with Gasteiger partial charge in [0.25, 0.3) is 0 Å². The van der Waals surface area contributed by atoms with Crippen LogP contribution in [0.1, 0.15) is 46.5 Å². The van der Waals surface area contributed by atoms with E-state index in [2.05, 4.69) is 32.7 Å². The first-order chi connectivity index (χ1) is 5.66. The second-order valence-corrected chi connectivity index (χ2v) is 4.43. The maximum atomic E-state index is 2.56. The van der Waals surface area contributed by atoms with Crippen LogP contribution in [0, 0.1) is 5.92 Å². The highest BCUT2D eigenvalue weighted by molar-refractivity contribution is 4.84. The van der Waals surface area contributed by atoms with E-state index >= 15 is 0 Å². The van der Waals surface area contributed by atoms with Crippen LogP contribution in [0.2, 0.25) is 0 Å². The van der Waals surface area contributed by atoms with E-state index in [-0.39, 0.29) is 0 Å². The predicted molar refractivity (Wildman–Crippen MR) is 54.3 cm³/mol. The summed E-state index contributed by atoms with van der Waals surface area (Å²) in [5.74, 6) is 0.970. The Morgan fingerprint density at radius 1 is 1.33 bits per heavy atom. The Morgan fingerprint density at radius 3 is 2.50 bits per heavy atom. The Bertz CT molecular complexity index is 131. The zero-order valence-electron chi connectivity index (χ0n) is 9.01. The molecule has 1 aliphatic rings. The van der Waals surface area contributed by atoms with Gasteiger partial charge in [-0.3, -0.25) is 0 Å². The quantitative estimate of drug-likeness (QED) is 0.628. The normalized spacial score (nSPS) is 30.5. The van der Waals surface area contributed by atoms with Crippen molar-refractivity contribution in [1.29, 1.82) is 0 Å². The van der Waals surface area contributed by atoms with E-state index in [1.807, 2.05) is 0 Å². The molecule has 0 heterocycles. The monoisotopic (exact) mass is 169 g/mol. The van der Waals surface area contributed by atoms with Gasteiger partial charge >= 0.3 is 0 Å². The van der Waals surface area contributed by atoms with Crippen LogP contribution >= 0.6 is 0 Å². The number of hydrogen-bond donors (Lipinski definition) is 0. The summed E-state index contributed by atoms with van der Waals surface area (Å²) in [6, 6.07) is 1.58. The van der Waals surface area contributed by atoms with Crippen LogP contribution in [0.15, 0.2) is 0 Å². The van der Waals surface area contributed by atoms with Crippen molar-refractivity contribution in [2.24, 2.45) is 5.92 Å². The molecular formula is C11H23N. The van der Waals surface area contributed by atoms with Crippen LogP contribution in [-0.4, -0.2) is 24.0 Å². The molecule has 2 atom stereocenters. The molecule has 1 heteroatoms. The average Bonchev–Trinajstić information content (AvgIpc) is 2.49. The summed E-state index contributed by atoms with van der Waals surface area (Å²) in [7, 11) is 2.28. The van der Waals surface area contributed by atoms with Gasteiger partial charge in [0.2, 0.25) is 0 Å². The van der Waals surface area contributed by atoms with Crippen molar-refractivity contribution in [2.45, 2.75) is 58.5 Å². The molecule has 0 radical (unpaired) electrons. The number of nitrogens with zero attached hydrogens (tertiary/aromatic N) is 1. The first kappa shape index (κ1) is 10.0. The van der Waals surface area contributed by atoms with E-state index in [4.69, 9.17) is 0 Å².